The summed E-state index contributed by atoms with van der Waals surface area (Å²) >= 11 is 1.91. The molecule has 0 spiro atoms. The first-order chi connectivity index (χ1) is 12.6. The SMILES string of the molecule is COc1ccc(-n2nnnc2SCC(=O)Nc2ncc([N+](=O)[O-])s2)cc1. The molecule has 0 radical (unpaired) electrons. The highest BCUT2D eigenvalue weighted by Gasteiger charge is 2.15. The number of thiazole rings is 1. The number of hydrogen-bond donors (Lipinski definition) is 1. The molecule has 11 nitrogen and oxygen atoms in total. The van der Waals surface area contributed by atoms with Crippen LogP contribution in [0.5, 0.6) is 5.75 Å². The van der Waals surface area contributed by atoms with Gasteiger partial charge < -0.3 is 10.1 Å². The quantitative estimate of drug-likeness (QED) is 0.361. The fourth-order valence-corrected chi connectivity index (χ4v) is 3.19. The van der Waals surface area contributed by atoms with E-state index < -0.39 is 4.92 Å². The van der Waals surface area contributed by atoms with Crippen LogP contribution < -0.4 is 10.1 Å². The maximum absolute atomic E-state index is 12.0. The topological polar surface area (TPSA) is 138 Å². The molecule has 0 aliphatic carbocycles. The van der Waals surface area contributed by atoms with E-state index in [0.717, 1.165) is 29.3 Å². The third-order valence-corrected chi connectivity index (χ3v) is 4.79. The van der Waals surface area contributed by atoms with Gasteiger partial charge in [-0.2, -0.15) is 4.68 Å². The Balaban J connectivity index is 1.61. The van der Waals surface area contributed by atoms with Crippen LogP contribution in [0.2, 0.25) is 0 Å². The number of benzene rings is 1. The summed E-state index contributed by atoms with van der Waals surface area (Å²) in [6.45, 7) is 0. The minimum atomic E-state index is -0.564. The summed E-state index contributed by atoms with van der Waals surface area (Å²) in [6, 6.07) is 7.11. The van der Waals surface area contributed by atoms with Crippen molar-refractivity contribution in [1.29, 1.82) is 0 Å². The summed E-state index contributed by atoms with van der Waals surface area (Å²) in [5.41, 5.74) is 0.717. The number of rotatable bonds is 7. The summed E-state index contributed by atoms with van der Waals surface area (Å²) < 4.78 is 6.59. The van der Waals surface area contributed by atoms with Crippen LogP contribution in [-0.2, 0) is 4.79 Å². The third-order valence-electron chi connectivity index (χ3n) is 3.01. The summed E-state index contributed by atoms with van der Waals surface area (Å²) in [5.74, 6) is 0.348. The van der Waals surface area contributed by atoms with Gasteiger partial charge in [0.25, 0.3) is 0 Å². The lowest BCUT2D eigenvalue weighted by molar-refractivity contribution is -0.380. The molecular formula is C13H11N7O4S2. The number of thioether (sulfide) groups is 1. The van der Waals surface area contributed by atoms with Gasteiger partial charge in [-0.1, -0.05) is 11.8 Å². The third kappa shape index (κ3) is 4.12. The first kappa shape index (κ1) is 17.8. The molecular weight excluding hydrogens is 382 g/mol. The van der Waals surface area contributed by atoms with Crippen molar-refractivity contribution >= 4 is 39.1 Å². The van der Waals surface area contributed by atoms with Gasteiger partial charge in [-0.15, -0.1) is 5.10 Å². The number of carbonyl (C=O) groups is 1. The van der Waals surface area contributed by atoms with E-state index in [0.29, 0.717) is 16.6 Å². The maximum atomic E-state index is 12.0. The Labute approximate surface area is 154 Å². The zero-order valence-corrected chi connectivity index (χ0v) is 14.9. The van der Waals surface area contributed by atoms with Gasteiger partial charge in [0.2, 0.25) is 11.1 Å². The Bertz CT molecular complexity index is 925. The molecule has 0 saturated carbocycles. The largest absolute Gasteiger partial charge is 0.497 e. The van der Waals surface area contributed by atoms with Gasteiger partial charge in [-0.25, -0.2) is 4.98 Å². The summed E-state index contributed by atoms with van der Waals surface area (Å²) in [7, 11) is 1.57. The smallest absolute Gasteiger partial charge is 0.345 e. The molecule has 2 aromatic heterocycles. The van der Waals surface area contributed by atoms with Crippen molar-refractivity contribution in [2.75, 3.05) is 18.2 Å². The Morgan fingerprint density at radius 3 is 2.85 bits per heavy atom. The lowest BCUT2D eigenvalue weighted by Crippen LogP contribution is -2.14. The number of nitrogens with one attached hydrogen (secondary N) is 1. The van der Waals surface area contributed by atoms with Crippen LogP contribution in [0.3, 0.4) is 0 Å². The second-order valence-corrected chi connectivity index (χ2v) is 6.62. The number of methoxy groups -OCH3 is 1. The number of nitrogens with zero attached hydrogens (tertiary/aromatic N) is 6. The number of nitro groups is 1. The van der Waals surface area contributed by atoms with Gasteiger partial charge in [-0.3, -0.25) is 14.9 Å². The summed E-state index contributed by atoms with van der Waals surface area (Å²) in [4.78, 5) is 25.8. The van der Waals surface area contributed by atoms with Crippen molar-refractivity contribution in [3.8, 4) is 11.4 Å². The lowest BCUT2D eigenvalue weighted by Gasteiger charge is -2.05. The van der Waals surface area contributed by atoms with Crippen molar-refractivity contribution in [2.24, 2.45) is 0 Å². The predicted molar refractivity (Wildman–Crippen MR) is 93.8 cm³/mol. The average Bonchev–Trinajstić information content (AvgIpc) is 3.29. The van der Waals surface area contributed by atoms with E-state index in [1.54, 1.807) is 31.4 Å². The molecule has 13 heteroatoms. The lowest BCUT2D eigenvalue weighted by atomic mass is 10.3. The van der Waals surface area contributed by atoms with E-state index in [2.05, 4.69) is 25.8 Å². The van der Waals surface area contributed by atoms with Crippen LogP contribution in [0.25, 0.3) is 5.69 Å². The number of amides is 1. The second-order valence-electron chi connectivity index (χ2n) is 4.67. The standard InChI is InChI=1S/C13H11N7O4S2/c1-24-9-4-2-8(3-5-9)19-13(16-17-18-19)25-7-10(21)15-12-14-6-11(26-12)20(22)23/h2-6H,7H2,1H3,(H,14,15,21). The summed E-state index contributed by atoms with van der Waals surface area (Å²) in [5, 5.41) is 25.0. The van der Waals surface area contributed by atoms with Crippen molar-refractivity contribution in [3.63, 3.8) is 0 Å². The van der Waals surface area contributed by atoms with Crippen LogP contribution in [0.15, 0.2) is 35.6 Å². The molecule has 0 saturated heterocycles. The number of ether oxygens (including phenoxy) is 1. The molecule has 0 atom stereocenters. The van der Waals surface area contributed by atoms with E-state index in [1.165, 1.54) is 4.68 Å². The monoisotopic (exact) mass is 393 g/mol. The van der Waals surface area contributed by atoms with Crippen molar-refractivity contribution in [3.05, 3.63) is 40.6 Å². The number of carbonyl (C=O) groups excluding carboxylic acids is 1. The van der Waals surface area contributed by atoms with Gasteiger partial charge in [0, 0.05) is 0 Å². The zero-order valence-electron chi connectivity index (χ0n) is 13.2. The number of hydrogen-bond acceptors (Lipinski definition) is 10. The van der Waals surface area contributed by atoms with Gasteiger partial charge in [0.1, 0.15) is 11.9 Å². The summed E-state index contributed by atoms with van der Waals surface area (Å²) in [6.07, 6.45) is 1.09. The normalized spacial score (nSPS) is 10.5. The van der Waals surface area contributed by atoms with Gasteiger partial charge in [0.15, 0.2) is 5.13 Å². The van der Waals surface area contributed by atoms with Crippen LogP contribution >= 0.6 is 23.1 Å². The van der Waals surface area contributed by atoms with Crippen LogP contribution in [0.4, 0.5) is 10.1 Å². The van der Waals surface area contributed by atoms with Crippen LogP contribution in [0.1, 0.15) is 0 Å². The highest BCUT2D eigenvalue weighted by atomic mass is 32.2. The first-order valence-corrected chi connectivity index (χ1v) is 8.82. The van der Waals surface area contributed by atoms with Gasteiger partial charge in [-0.05, 0) is 46.0 Å². The molecule has 2 heterocycles. The predicted octanol–water partition coefficient (Wildman–Crippen LogP) is 1.77. The van der Waals surface area contributed by atoms with Crippen molar-refractivity contribution in [2.45, 2.75) is 5.16 Å². The van der Waals surface area contributed by atoms with Crippen LogP contribution in [0, 0.1) is 10.1 Å². The molecule has 0 bridgehead atoms. The van der Waals surface area contributed by atoms with E-state index >= 15 is 0 Å². The van der Waals surface area contributed by atoms with E-state index in [9.17, 15) is 14.9 Å². The van der Waals surface area contributed by atoms with Crippen LogP contribution in [-0.4, -0.2) is 48.9 Å². The van der Waals surface area contributed by atoms with Crippen molar-refractivity contribution < 1.29 is 14.5 Å². The van der Waals surface area contributed by atoms with Gasteiger partial charge in [0.05, 0.1) is 23.5 Å². The van der Waals surface area contributed by atoms with E-state index in [-0.39, 0.29) is 21.8 Å². The molecule has 3 aromatic rings. The highest BCUT2D eigenvalue weighted by molar-refractivity contribution is 7.99. The molecule has 1 amide bonds. The molecule has 0 aliphatic heterocycles. The zero-order chi connectivity index (χ0) is 18.5. The Morgan fingerprint density at radius 2 is 2.19 bits per heavy atom. The first-order valence-electron chi connectivity index (χ1n) is 7.02. The molecule has 1 N–H and O–H groups in total. The van der Waals surface area contributed by atoms with Gasteiger partial charge >= 0.3 is 5.00 Å². The molecule has 134 valence electrons. The number of anilines is 1. The number of tetrazole rings is 1. The van der Waals surface area contributed by atoms with Crippen molar-refractivity contribution in [1.82, 2.24) is 25.2 Å². The molecule has 0 unspecified atom stereocenters. The molecule has 1 aromatic carbocycles. The fraction of sp³-hybridized carbons (Fsp3) is 0.154. The second kappa shape index (κ2) is 7.88. The molecule has 0 aliphatic rings. The molecule has 0 fully saturated rings. The molecule has 3 rings (SSSR count). The minimum absolute atomic E-state index is 0.0178. The fourth-order valence-electron chi connectivity index (χ4n) is 1.85. The Hall–Kier alpha value is -3.06. The average molecular weight is 393 g/mol. The Morgan fingerprint density at radius 1 is 1.42 bits per heavy atom. The Kier molecular flexibility index (Phi) is 5.38. The number of aromatic nitrogens is 5. The highest BCUT2D eigenvalue weighted by Crippen LogP contribution is 2.25. The van der Waals surface area contributed by atoms with E-state index in [1.807, 2.05) is 0 Å². The molecule has 26 heavy (non-hydrogen) atoms. The minimum Gasteiger partial charge on any atom is -0.497 e. The maximum Gasteiger partial charge on any atom is 0.345 e. The van der Waals surface area contributed by atoms with E-state index in [4.69, 9.17) is 4.74 Å².